The Bertz CT molecular complexity index is 913. The minimum atomic E-state index is -0.899. The molecule has 1 aliphatic carbocycles. The van der Waals surface area contributed by atoms with Gasteiger partial charge >= 0.3 is 12.1 Å². The summed E-state index contributed by atoms with van der Waals surface area (Å²) in [6.45, 7) is 2.59. The number of rotatable bonds is 11. The summed E-state index contributed by atoms with van der Waals surface area (Å²) >= 11 is 0. The van der Waals surface area contributed by atoms with E-state index in [9.17, 15) is 14.4 Å². The van der Waals surface area contributed by atoms with E-state index in [0.717, 1.165) is 17.5 Å². The second kappa shape index (κ2) is 11.3. The second-order valence-corrected chi connectivity index (χ2v) is 7.98. The molecule has 3 rings (SSSR count). The summed E-state index contributed by atoms with van der Waals surface area (Å²) in [4.78, 5) is 35.2. The molecule has 2 aromatic carbocycles. The zero-order valence-corrected chi connectivity index (χ0v) is 18.3. The molecule has 32 heavy (non-hydrogen) atoms. The van der Waals surface area contributed by atoms with Gasteiger partial charge in [-0.25, -0.2) is 4.79 Å². The van der Waals surface area contributed by atoms with E-state index in [4.69, 9.17) is 9.84 Å². The minimum absolute atomic E-state index is 0.00392. The van der Waals surface area contributed by atoms with Gasteiger partial charge < -0.3 is 20.5 Å². The van der Waals surface area contributed by atoms with Crippen LogP contribution in [-0.4, -0.2) is 42.8 Å². The van der Waals surface area contributed by atoms with E-state index >= 15 is 0 Å². The highest BCUT2D eigenvalue weighted by atomic mass is 16.5. The van der Waals surface area contributed by atoms with Crippen molar-refractivity contribution in [2.24, 2.45) is 5.92 Å². The van der Waals surface area contributed by atoms with Crippen LogP contribution in [-0.2, 0) is 14.3 Å². The zero-order chi connectivity index (χ0) is 22.9. The Morgan fingerprint density at radius 3 is 2.22 bits per heavy atom. The summed E-state index contributed by atoms with van der Waals surface area (Å²) in [5.41, 5.74) is 4.65. The van der Waals surface area contributed by atoms with Crippen LogP contribution >= 0.6 is 0 Å². The Labute approximate surface area is 188 Å². The Kier molecular flexibility index (Phi) is 8.25. The van der Waals surface area contributed by atoms with Crippen LogP contribution in [0.5, 0.6) is 0 Å². The van der Waals surface area contributed by atoms with Crippen LogP contribution in [0.1, 0.15) is 49.7 Å². The number of benzene rings is 2. The number of carbonyl (C=O) groups is 3. The van der Waals surface area contributed by atoms with Crippen LogP contribution < -0.4 is 10.6 Å². The summed E-state index contributed by atoms with van der Waals surface area (Å²) in [7, 11) is 0. The van der Waals surface area contributed by atoms with Crippen LogP contribution in [0.4, 0.5) is 4.79 Å². The van der Waals surface area contributed by atoms with E-state index in [1.54, 1.807) is 0 Å². The van der Waals surface area contributed by atoms with Crippen molar-refractivity contribution in [2.75, 3.05) is 19.7 Å². The number of fused-ring (bicyclic) bond motifs is 3. The summed E-state index contributed by atoms with van der Waals surface area (Å²) in [6.07, 6.45) is 1.42. The summed E-state index contributed by atoms with van der Waals surface area (Å²) in [5.74, 6) is -1.68. The molecule has 0 aliphatic heterocycles. The number of hydrogen-bond donors (Lipinski definition) is 3. The van der Waals surface area contributed by atoms with Crippen LogP contribution in [0.25, 0.3) is 11.1 Å². The van der Waals surface area contributed by atoms with Crippen LogP contribution in [0, 0.1) is 5.92 Å². The maximum atomic E-state index is 12.1. The van der Waals surface area contributed by atoms with E-state index in [-0.39, 0.29) is 31.4 Å². The van der Waals surface area contributed by atoms with Gasteiger partial charge in [-0.2, -0.15) is 0 Å². The molecule has 0 heterocycles. The molecule has 7 nitrogen and oxygen atoms in total. The van der Waals surface area contributed by atoms with Gasteiger partial charge in [0.25, 0.3) is 0 Å². The lowest BCUT2D eigenvalue weighted by molar-refractivity contribution is -0.141. The Hall–Kier alpha value is -3.35. The van der Waals surface area contributed by atoms with E-state index < -0.39 is 18.0 Å². The molecular formula is C25H30N2O5. The highest BCUT2D eigenvalue weighted by Gasteiger charge is 2.28. The summed E-state index contributed by atoms with van der Waals surface area (Å²) in [6, 6.07) is 16.3. The number of carboxylic acids is 1. The molecule has 0 radical (unpaired) electrons. The van der Waals surface area contributed by atoms with Gasteiger partial charge in [0, 0.05) is 25.4 Å². The Morgan fingerprint density at radius 2 is 1.62 bits per heavy atom. The lowest BCUT2D eigenvalue weighted by Crippen LogP contribution is -2.33. The molecule has 2 amide bonds. The molecule has 3 N–H and O–H groups in total. The van der Waals surface area contributed by atoms with E-state index in [2.05, 4.69) is 34.9 Å². The van der Waals surface area contributed by atoms with Crippen LogP contribution in [0.3, 0.4) is 0 Å². The fourth-order valence-corrected chi connectivity index (χ4v) is 4.08. The standard InChI is InChI=1S/C25H30N2O5/c1-2-8-17(24(29)30)15-27-23(28)13-7-14-26-25(31)32-16-22-20-11-5-3-9-18(20)19-10-4-6-12-21(19)22/h3-6,9-12,17,22H,2,7-8,13-16H2,1H3,(H,26,31)(H,27,28)(H,29,30). The quantitative estimate of drug-likeness (QED) is 0.461. The number of alkyl carbamates (subject to hydrolysis) is 1. The SMILES string of the molecule is CCCC(CNC(=O)CCCNC(=O)OCC1c2ccccc2-c2ccccc21)C(=O)O. The number of carbonyl (C=O) groups excluding carboxylic acids is 2. The van der Waals surface area contributed by atoms with Crippen molar-refractivity contribution in [3.63, 3.8) is 0 Å². The Balaban J connectivity index is 1.38. The molecular weight excluding hydrogens is 408 g/mol. The number of nitrogens with one attached hydrogen (secondary N) is 2. The van der Waals surface area contributed by atoms with Crippen LogP contribution in [0.2, 0.25) is 0 Å². The van der Waals surface area contributed by atoms with Crippen molar-refractivity contribution in [3.8, 4) is 11.1 Å². The number of carboxylic acid groups (broad SMARTS) is 1. The predicted octanol–water partition coefficient (Wildman–Crippen LogP) is 3.92. The Morgan fingerprint density at radius 1 is 1.00 bits per heavy atom. The highest BCUT2D eigenvalue weighted by Crippen LogP contribution is 2.44. The van der Waals surface area contributed by atoms with Gasteiger partial charge in [-0.05, 0) is 35.1 Å². The number of amides is 2. The van der Waals surface area contributed by atoms with Gasteiger partial charge in [-0.3, -0.25) is 9.59 Å². The monoisotopic (exact) mass is 438 g/mol. The van der Waals surface area contributed by atoms with Crippen molar-refractivity contribution in [3.05, 3.63) is 59.7 Å². The molecule has 0 saturated carbocycles. The average molecular weight is 439 g/mol. The molecule has 1 atom stereocenters. The largest absolute Gasteiger partial charge is 0.481 e. The molecule has 0 bridgehead atoms. The smallest absolute Gasteiger partial charge is 0.407 e. The predicted molar refractivity (Wildman–Crippen MR) is 121 cm³/mol. The molecule has 7 heteroatoms. The van der Waals surface area contributed by atoms with Gasteiger partial charge in [0.05, 0.1) is 5.92 Å². The lowest BCUT2D eigenvalue weighted by Gasteiger charge is -2.14. The first-order valence-corrected chi connectivity index (χ1v) is 11.1. The number of hydrogen-bond acceptors (Lipinski definition) is 4. The van der Waals surface area contributed by atoms with Crippen molar-refractivity contribution >= 4 is 18.0 Å². The maximum absolute atomic E-state index is 12.1. The van der Waals surface area contributed by atoms with E-state index in [1.807, 2.05) is 31.2 Å². The maximum Gasteiger partial charge on any atom is 0.407 e. The fourth-order valence-electron chi connectivity index (χ4n) is 4.08. The topological polar surface area (TPSA) is 105 Å². The summed E-state index contributed by atoms with van der Waals surface area (Å²) in [5, 5.41) is 14.4. The van der Waals surface area contributed by atoms with E-state index in [1.165, 1.54) is 11.1 Å². The molecule has 0 aromatic heterocycles. The molecule has 0 spiro atoms. The van der Waals surface area contributed by atoms with Gasteiger partial charge in [0.1, 0.15) is 6.61 Å². The second-order valence-electron chi connectivity index (χ2n) is 7.98. The average Bonchev–Trinajstić information content (AvgIpc) is 3.11. The normalized spacial score (nSPS) is 13.0. The first-order chi connectivity index (χ1) is 15.5. The van der Waals surface area contributed by atoms with Gasteiger partial charge in [0.2, 0.25) is 5.91 Å². The summed E-state index contributed by atoms with van der Waals surface area (Å²) < 4.78 is 5.46. The molecule has 170 valence electrons. The zero-order valence-electron chi connectivity index (χ0n) is 18.3. The molecule has 1 aliphatic rings. The van der Waals surface area contributed by atoms with Gasteiger partial charge in [0.15, 0.2) is 0 Å². The van der Waals surface area contributed by atoms with Crippen molar-refractivity contribution in [2.45, 2.75) is 38.5 Å². The molecule has 0 saturated heterocycles. The lowest BCUT2D eigenvalue weighted by atomic mass is 9.98. The third-order valence-corrected chi connectivity index (χ3v) is 5.73. The van der Waals surface area contributed by atoms with Crippen molar-refractivity contribution in [1.82, 2.24) is 10.6 Å². The van der Waals surface area contributed by atoms with Crippen molar-refractivity contribution in [1.29, 1.82) is 0 Å². The highest BCUT2D eigenvalue weighted by molar-refractivity contribution is 5.79. The molecule has 0 fully saturated rings. The van der Waals surface area contributed by atoms with E-state index in [0.29, 0.717) is 19.4 Å². The number of aliphatic carboxylic acids is 1. The first-order valence-electron chi connectivity index (χ1n) is 11.1. The number of ether oxygens (including phenoxy) is 1. The molecule has 2 aromatic rings. The fraction of sp³-hybridized carbons (Fsp3) is 0.400. The third kappa shape index (κ3) is 5.87. The van der Waals surface area contributed by atoms with Gasteiger partial charge in [-0.1, -0.05) is 61.9 Å². The van der Waals surface area contributed by atoms with Crippen LogP contribution in [0.15, 0.2) is 48.5 Å². The first kappa shape index (κ1) is 23.3. The van der Waals surface area contributed by atoms with Gasteiger partial charge in [-0.15, -0.1) is 0 Å². The minimum Gasteiger partial charge on any atom is -0.481 e. The third-order valence-electron chi connectivity index (χ3n) is 5.73. The van der Waals surface area contributed by atoms with Crippen molar-refractivity contribution < 1.29 is 24.2 Å². The molecule has 1 unspecified atom stereocenters.